The van der Waals surface area contributed by atoms with Crippen molar-refractivity contribution in [3.8, 4) is 0 Å². The van der Waals surface area contributed by atoms with E-state index in [9.17, 15) is 0 Å². The van der Waals surface area contributed by atoms with E-state index in [1.165, 1.54) is 31.2 Å². The van der Waals surface area contributed by atoms with Gasteiger partial charge in [0.2, 0.25) is 0 Å². The van der Waals surface area contributed by atoms with Crippen molar-refractivity contribution in [2.75, 3.05) is 13.6 Å². The SMILES string of the molecule is CN(Cc1ccc(Br)cc1Cl)C1CCCCC1CN. The molecule has 1 aromatic rings. The zero-order valence-corrected chi connectivity index (χ0v) is 13.8. The van der Waals surface area contributed by atoms with E-state index in [-0.39, 0.29) is 0 Å². The fourth-order valence-electron chi connectivity index (χ4n) is 3.08. The smallest absolute Gasteiger partial charge is 0.0462 e. The molecule has 1 aliphatic carbocycles. The predicted molar refractivity (Wildman–Crippen MR) is 85.4 cm³/mol. The molecular weight excluding hydrogens is 324 g/mol. The lowest BCUT2D eigenvalue weighted by molar-refractivity contribution is 0.127. The van der Waals surface area contributed by atoms with E-state index in [1.54, 1.807) is 0 Å². The number of hydrogen-bond acceptors (Lipinski definition) is 2. The summed E-state index contributed by atoms with van der Waals surface area (Å²) >= 11 is 9.75. The molecular formula is C15H22BrClN2. The van der Waals surface area contributed by atoms with Crippen molar-refractivity contribution in [3.05, 3.63) is 33.3 Å². The second kappa shape index (κ2) is 7.07. The fraction of sp³-hybridized carbons (Fsp3) is 0.600. The molecule has 0 aromatic heterocycles. The number of nitrogens with zero attached hydrogens (tertiary/aromatic N) is 1. The van der Waals surface area contributed by atoms with Crippen LogP contribution in [0.15, 0.2) is 22.7 Å². The molecule has 1 saturated carbocycles. The first kappa shape index (κ1) is 15.3. The maximum absolute atomic E-state index is 6.30. The van der Waals surface area contributed by atoms with Crippen LogP contribution in [-0.2, 0) is 6.54 Å². The third-order valence-electron chi connectivity index (χ3n) is 4.17. The average Bonchev–Trinajstić information content (AvgIpc) is 2.41. The summed E-state index contributed by atoms with van der Waals surface area (Å²) in [7, 11) is 2.19. The van der Waals surface area contributed by atoms with Crippen LogP contribution in [0, 0.1) is 5.92 Å². The van der Waals surface area contributed by atoms with Crippen molar-refractivity contribution in [1.29, 1.82) is 0 Å². The van der Waals surface area contributed by atoms with E-state index in [4.69, 9.17) is 17.3 Å². The Morgan fingerprint density at radius 1 is 1.37 bits per heavy atom. The fourth-order valence-corrected chi connectivity index (χ4v) is 3.81. The topological polar surface area (TPSA) is 29.3 Å². The van der Waals surface area contributed by atoms with Crippen molar-refractivity contribution in [2.45, 2.75) is 38.3 Å². The van der Waals surface area contributed by atoms with Crippen LogP contribution in [0.5, 0.6) is 0 Å². The molecule has 19 heavy (non-hydrogen) atoms. The minimum Gasteiger partial charge on any atom is -0.330 e. The first-order valence-corrected chi connectivity index (χ1v) is 8.13. The highest BCUT2D eigenvalue weighted by Gasteiger charge is 2.27. The van der Waals surface area contributed by atoms with E-state index < -0.39 is 0 Å². The van der Waals surface area contributed by atoms with Crippen LogP contribution < -0.4 is 5.73 Å². The van der Waals surface area contributed by atoms with Crippen molar-refractivity contribution in [3.63, 3.8) is 0 Å². The molecule has 1 aromatic carbocycles. The third-order valence-corrected chi connectivity index (χ3v) is 5.02. The van der Waals surface area contributed by atoms with E-state index in [1.807, 2.05) is 6.07 Å². The molecule has 0 radical (unpaired) electrons. The summed E-state index contributed by atoms with van der Waals surface area (Å²) in [6, 6.07) is 6.71. The van der Waals surface area contributed by atoms with Gasteiger partial charge in [-0.2, -0.15) is 0 Å². The van der Waals surface area contributed by atoms with Gasteiger partial charge in [0.1, 0.15) is 0 Å². The molecule has 2 nitrogen and oxygen atoms in total. The summed E-state index contributed by atoms with van der Waals surface area (Å²) in [6.45, 7) is 1.69. The molecule has 2 unspecified atom stereocenters. The quantitative estimate of drug-likeness (QED) is 0.892. The average molecular weight is 346 g/mol. The van der Waals surface area contributed by atoms with Crippen molar-refractivity contribution in [2.24, 2.45) is 11.7 Å². The Morgan fingerprint density at radius 2 is 2.11 bits per heavy atom. The first-order valence-electron chi connectivity index (χ1n) is 6.96. The van der Waals surface area contributed by atoms with Crippen LogP contribution in [0.4, 0.5) is 0 Å². The lowest BCUT2D eigenvalue weighted by atomic mass is 9.83. The number of hydrogen-bond donors (Lipinski definition) is 1. The van der Waals surface area contributed by atoms with Gasteiger partial charge in [0.05, 0.1) is 0 Å². The third kappa shape index (κ3) is 3.94. The van der Waals surface area contributed by atoms with Gasteiger partial charge in [-0.05, 0) is 50.0 Å². The van der Waals surface area contributed by atoms with Crippen LogP contribution in [0.25, 0.3) is 0 Å². The summed E-state index contributed by atoms with van der Waals surface area (Å²) in [5.74, 6) is 0.632. The van der Waals surface area contributed by atoms with Crippen molar-refractivity contribution < 1.29 is 0 Å². The largest absolute Gasteiger partial charge is 0.330 e. The summed E-state index contributed by atoms with van der Waals surface area (Å²) in [6.07, 6.45) is 5.16. The predicted octanol–water partition coefficient (Wildman–Crippen LogP) is 4.05. The van der Waals surface area contributed by atoms with Crippen molar-refractivity contribution >= 4 is 27.5 Å². The Balaban J connectivity index is 2.04. The molecule has 1 aliphatic rings. The van der Waals surface area contributed by atoms with Gasteiger partial charge in [0.25, 0.3) is 0 Å². The molecule has 2 rings (SSSR count). The van der Waals surface area contributed by atoms with E-state index >= 15 is 0 Å². The minimum absolute atomic E-state index is 0.596. The molecule has 106 valence electrons. The molecule has 0 bridgehead atoms. The van der Waals surface area contributed by atoms with Crippen molar-refractivity contribution in [1.82, 2.24) is 4.90 Å². The Hall–Kier alpha value is -0.0900. The summed E-state index contributed by atoms with van der Waals surface area (Å²) in [4.78, 5) is 2.42. The van der Waals surface area contributed by atoms with Gasteiger partial charge in [0, 0.05) is 22.1 Å². The van der Waals surface area contributed by atoms with Crippen LogP contribution in [0.1, 0.15) is 31.2 Å². The van der Waals surface area contributed by atoms with Gasteiger partial charge in [0.15, 0.2) is 0 Å². The highest BCUT2D eigenvalue weighted by atomic mass is 79.9. The lowest BCUT2D eigenvalue weighted by Gasteiger charge is -2.37. The molecule has 2 atom stereocenters. The molecule has 4 heteroatoms. The number of benzene rings is 1. The van der Waals surface area contributed by atoms with E-state index in [2.05, 4.69) is 40.0 Å². The minimum atomic E-state index is 0.596. The monoisotopic (exact) mass is 344 g/mol. The van der Waals surface area contributed by atoms with Gasteiger partial charge in [-0.25, -0.2) is 0 Å². The van der Waals surface area contributed by atoms with E-state index in [0.717, 1.165) is 22.6 Å². The maximum atomic E-state index is 6.30. The zero-order chi connectivity index (χ0) is 13.8. The second-order valence-corrected chi connectivity index (χ2v) is 6.82. The lowest BCUT2D eigenvalue weighted by Crippen LogP contribution is -2.42. The number of nitrogens with two attached hydrogens (primary N) is 1. The Bertz CT molecular complexity index is 425. The summed E-state index contributed by atoms with van der Waals surface area (Å²) < 4.78 is 1.03. The standard InChI is InChI=1S/C15H22BrClN2/c1-19(15-5-3-2-4-11(15)9-18)10-12-6-7-13(16)8-14(12)17/h6-8,11,15H,2-5,9-10,18H2,1H3. The Labute approximate surface area is 129 Å². The number of rotatable bonds is 4. The molecule has 2 N–H and O–H groups in total. The van der Waals surface area contributed by atoms with Gasteiger partial charge >= 0.3 is 0 Å². The van der Waals surface area contributed by atoms with Gasteiger partial charge in [-0.1, -0.05) is 46.4 Å². The Kier molecular flexibility index (Phi) is 5.70. The maximum Gasteiger partial charge on any atom is 0.0462 e. The first-order chi connectivity index (χ1) is 9.11. The normalized spacial score (nSPS) is 23.8. The molecule has 0 amide bonds. The highest BCUT2D eigenvalue weighted by molar-refractivity contribution is 9.10. The van der Waals surface area contributed by atoms with Gasteiger partial charge in [-0.15, -0.1) is 0 Å². The number of halogens is 2. The molecule has 0 spiro atoms. The van der Waals surface area contributed by atoms with Gasteiger partial charge in [-0.3, -0.25) is 4.90 Å². The van der Waals surface area contributed by atoms with E-state index in [0.29, 0.717) is 12.0 Å². The summed E-state index contributed by atoms with van der Waals surface area (Å²) in [5.41, 5.74) is 7.10. The molecule has 0 saturated heterocycles. The highest BCUT2D eigenvalue weighted by Crippen LogP contribution is 2.29. The van der Waals surface area contributed by atoms with Crippen LogP contribution >= 0.6 is 27.5 Å². The molecule has 0 heterocycles. The molecule has 0 aliphatic heterocycles. The second-order valence-electron chi connectivity index (χ2n) is 5.50. The summed E-state index contributed by atoms with van der Waals surface area (Å²) in [5, 5.41) is 0.835. The molecule has 1 fully saturated rings. The Morgan fingerprint density at radius 3 is 2.79 bits per heavy atom. The van der Waals surface area contributed by atoms with Crippen LogP contribution in [-0.4, -0.2) is 24.5 Å². The zero-order valence-electron chi connectivity index (χ0n) is 11.4. The van der Waals surface area contributed by atoms with Gasteiger partial charge < -0.3 is 5.73 Å². The van der Waals surface area contributed by atoms with Crippen LogP contribution in [0.3, 0.4) is 0 Å². The van der Waals surface area contributed by atoms with Crippen LogP contribution in [0.2, 0.25) is 5.02 Å².